The molecule has 3 aromatic rings. The van der Waals surface area contributed by atoms with E-state index in [1.165, 1.54) is 6.07 Å². The van der Waals surface area contributed by atoms with Gasteiger partial charge in [0.15, 0.2) is 0 Å². The third-order valence-corrected chi connectivity index (χ3v) is 4.59. The SMILES string of the molecule is Oc1ccc2c(c1)OC[C@H](c1ccccc1)[C@@H]2c1cccc(F)c1. The van der Waals surface area contributed by atoms with Gasteiger partial charge in [0.1, 0.15) is 17.3 Å². The molecule has 1 aliphatic rings. The number of hydrogen-bond acceptors (Lipinski definition) is 2. The highest BCUT2D eigenvalue weighted by molar-refractivity contribution is 5.50. The van der Waals surface area contributed by atoms with E-state index < -0.39 is 0 Å². The van der Waals surface area contributed by atoms with Gasteiger partial charge in [-0.1, -0.05) is 48.5 Å². The van der Waals surface area contributed by atoms with Crippen molar-refractivity contribution in [1.82, 2.24) is 0 Å². The molecule has 2 atom stereocenters. The summed E-state index contributed by atoms with van der Waals surface area (Å²) in [7, 11) is 0. The molecule has 0 aliphatic carbocycles. The zero-order valence-corrected chi connectivity index (χ0v) is 13.0. The minimum absolute atomic E-state index is 0.0209. The van der Waals surface area contributed by atoms with Gasteiger partial charge in [-0.05, 0) is 29.3 Å². The van der Waals surface area contributed by atoms with E-state index in [4.69, 9.17) is 4.74 Å². The molecule has 0 fully saturated rings. The van der Waals surface area contributed by atoms with Gasteiger partial charge < -0.3 is 9.84 Å². The predicted octanol–water partition coefficient (Wildman–Crippen LogP) is 4.84. The van der Waals surface area contributed by atoms with E-state index in [2.05, 4.69) is 12.1 Å². The second-order valence-corrected chi connectivity index (χ2v) is 6.08. The second kappa shape index (κ2) is 6.00. The van der Waals surface area contributed by atoms with E-state index in [1.54, 1.807) is 24.3 Å². The molecular weight excluding hydrogens is 303 g/mol. The van der Waals surface area contributed by atoms with E-state index in [0.717, 1.165) is 16.7 Å². The van der Waals surface area contributed by atoms with E-state index in [0.29, 0.717) is 12.4 Å². The van der Waals surface area contributed by atoms with Crippen LogP contribution in [-0.4, -0.2) is 11.7 Å². The maximum atomic E-state index is 13.8. The third-order valence-electron chi connectivity index (χ3n) is 4.59. The molecule has 0 radical (unpaired) electrons. The van der Waals surface area contributed by atoms with Crippen molar-refractivity contribution < 1.29 is 14.2 Å². The van der Waals surface area contributed by atoms with Crippen LogP contribution < -0.4 is 4.74 Å². The van der Waals surface area contributed by atoms with Crippen molar-refractivity contribution in [3.63, 3.8) is 0 Å². The first-order valence-electron chi connectivity index (χ1n) is 7.98. The molecule has 24 heavy (non-hydrogen) atoms. The molecule has 0 unspecified atom stereocenters. The molecule has 1 N–H and O–H groups in total. The second-order valence-electron chi connectivity index (χ2n) is 6.08. The highest BCUT2D eigenvalue weighted by Crippen LogP contribution is 2.46. The first-order chi connectivity index (χ1) is 11.7. The van der Waals surface area contributed by atoms with Gasteiger partial charge in [0, 0.05) is 23.5 Å². The van der Waals surface area contributed by atoms with Crippen molar-refractivity contribution in [2.24, 2.45) is 0 Å². The molecule has 0 spiro atoms. The van der Waals surface area contributed by atoms with E-state index in [-0.39, 0.29) is 23.4 Å². The van der Waals surface area contributed by atoms with Crippen LogP contribution in [0.4, 0.5) is 4.39 Å². The maximum Gasteiger partial charge on any atom is 0.126 e. The van der Waals surface area contributed by atoms with Crippen molar-refractivity contribution in [2.45, 2.75) is 11.8 Å². The molecule has 2 nitrogen and oxygen atoms in total. The fourth-order valence-electron chi connectivity index (χ4n) is 3.50. The molecule has 1 aliphatic heterocycles. The lowest BCUT2D eigenvalue weighted by Gasteiger charge is -2.34. The summed E-state index contributed by atoms with van der Waals surface area (Å²) in [6.07, 6.45) is 0. The Labute approximate surface area is 140 Å². The highest BCUT2D eigenvalue weighted by atomic mass is 19.1. The monoisotopic (exact) mass is 320 g/mol. The Hall–Kier alpha value is -2.81. The number of aromatic hydroxyl groups is 1. The van der Waals surface area contributed by atoms with Crippen LogP contribution in [0.3, 0.4) is 0 Å². The normalized spacial score (nSPS) is 19.4. The number of phenols is 1. The van der Waals surface area contributed by atoms with Gasteiger partial charge in [0.05, 0.1) is 6.61 Å². The van der Waals surface area contributed by atoms with Crippen LogP contribution in [0.2, 0.25) is 0 Å². The number of hydrogen-bond donors (Lipinski definition) is 1. The molecule has 120 valence electrons. The lowest BCUT2D eigenvalue weighted by Crippen LogP contribution is -2.25. The fraction of sp³-hybridized carbons (Fsp3) is 0.143. The summed E-state index contributed by atoms with van der Waals surface area (Å²) < 4.78 is 19.7. The van der Waals surface area contributed by atoms with Crippen LogP contribution in [0.5, 0.6) is 11.5 Å². The third kappa shape index (κ3) is 2.62. The molecule has 1 heterocycles. The molecule has 0 amide bonds. The molecule has 3 heteroatoms. The summed E-state index contributed by atoms with van der Waals surface area (Å²) in [4.78, 5) is 0. The van der Waals surface area contributed by atoms with Gasteiger partial charge in [-0.15, -0.1) is 0 Å². The summed E-state index contributed by atoms with van der Waals surface area (Å²) in [6, 6.07) is 22.0. The fourth-order valence-corrected chi connectivity index (χ4v) is 3.50. The molecule has 0 saturated heterocycles. The van der Waals surface area contributed by atoms with Crippen molar-refractivity contribution in [1.29, 1.82) is 0 Å². The van der Waals surface area contributed by atoms with Gasteiger partial charge in [-0.25, -0.2) is 4.39 Å². The summed E-state index contributed by atoms with van der Waals surface area (Å²) in [5.74, 6) is 0.657. The van der Waals surface area contributed by atoms with Crippen LogP contribution in [0.1, 0.15) is 28.5 Å². The van der Waals surface area contributed by atoms with Crippen LogP contribution >= 0.6 is 0 Å². The van der Waals surface area contributed by atoms with Crippen LogP contribution in [0.15, 0.2) is 72.8 Å². The zero-order valence-electron chi connectivity index (χ0n) is 13.0. The highest BCUT2D eigenvalue weighted by Gasteiger charge is 2.33. The number of ether oxygens (including phenoxy) is 1. The number of phenolic OH excluding ortho intramolecular Hbond substituents is 1. The summed E-state index contributed by atoms with van der Waals surface area (Å²) in [6.45, 7) is 0.488. The quantitative estimate of drug-likeness (QED) is 0.732. The van der Waals surface area contributed by atoms with E-state index in [9.17, 15) is 9.50 Å². The zero-order chi connectivity index (χ0) is 16.5. The topological polar surface area (TPSA) is 29.5 Å². The van der Waals surface area contributed by atoms with Crippen molar-refractivity contribution in [3.05, 3.63) is 95.3 Å². The largest absolute Gasteiger partial charge is 0.508 e. The molecule has 0 saturated carbocycles. The smallest absolute Gasteiger partial charge is 0.126 e. The predicted molar refractivity (Wildman–Crippen MR) is 91.0 cm³/mol. The van der Waals surface area contributed by atoms with Crippen LogP contribution in [0, 0.1) is 5.82 Å². The van der Waals surface area contributed by atoms with Gasteiger partial charge in [-0.2, -0.15) is 0 Å². The van der Waals surface area contributed by atoms with Gasteiger partial charge in [0.2, 0.25) is 0 Å². The minimum atomic E-state index is -0.244. The molecule has 0 aromatic heterocycles. The molecular formula is C21H17FO2. The minimum Gasteiger partial charge on any atom is -0.508 e. The number of fused-ring (bicyclic) bond motifs is 1. The van der Waals surface area contributed by atoms with Gasteiger partial charge in [0.25, 0.3) is 0 Å². The number of rotatable bonds is 2. The van der Waals surface area contributed by atoms with E-state index >= 15 is 0 Å². The molecule has 4 rings (SSSR count). The number of benzene rings is 3. The Balaban J connectivity index is 1.87. The first-order valence-corrected chi connectivity index (χ1v) is 7.98. The first kappa shape index (κ1) is 14.8. The van der Waals surface area contributed by atoms with Crippen LogP contribution in [-0.2, 0) is 0 Å². The van der Waals surface area contributed by atoms with Crippen LogP contribution in [0.25, 0.3) is 0 Å². The summed E-state index contributed by atoms with van der Waals surface area (Å²) in [5, 5.41) is 9.73. The maximum absolute atomic E-state index is 13.8. The van der Waals surface area contributed by atoms with Gasteiger partial charge >= 0.3 is 0 Å². The average molecular weight is 320 g/mol. The molecule has 3 aromatic carbocycles. The average Bonchev–Trinajstić information content (AvgIpc) is 2.61. The molecule has 0 bridgehead atoms. The standard InChI is InChI=1S/C21H17FO2/c22-16-8-4-7-15(11-16)21-18-10-9-17(23)12-20(18)24-13-19(21)14-5-2-1-3-6-14/h1-12,19,21,23H,13H2/t19-,21-/m1/s1. The van der Waals surface area contributed by atoms with Crippen molar-refractivity contribution in [2.75, 3.05) is 6.61 Å². The lowest BCUT2D eigenvalue weighted by atomic mass is 9.76. The Morgan fingerprint density at radius 2 is 1.67 bits per heavy atom. The van der Waals surface area contributed by atoms with Gasteiger partial charge in [-0.3, -0.25) is 0 Å². The van der Waals surface area contributed by atoms with E-state index in [1.807, 2.05) is 30.3 Å². The Morgan fingerprint density at radius 1 is 0.875 bits per heavy atom. The Bertz CT molecular complexity index is 861. The van der Waals surface area contributed by atoms with Crippen molar-refractivity contribution in [3.8, 4) is 11.5 Å². The Morgan fingerprint density at radius 3 is 2.46 bits per heavy atom. The number of halogens is 1. The Kier molecular flexibility index (Phi) is 3.69. The summed E-state index contributed by atoms with van der Waals surface area (Å²) >= 11 is 0. The summed E-state index contributed by atoms with van der Waals surface area (Å²) in [5.41, 5.74) is 3.04. The lowest BCUT2D eigenvalue weighted by molar-refractivity contribution is 0.247. The van der Waals surface area contributed by atoms with Crippen molar-refractivity contribution >= 4 is 0 Å².